The maximum atomic E-state index is 12.4. The van der Waals surface area contributed by atoms with Crippen LogP contribution in [0.4, 0.5) is 0 Å². The Bertz CT molecular complexity index is 308. The Kier molecular flexibility index (Phi) is 4.88. The molecule has 0 aromatic heterocycles. The van der Waals surface area contributed by atoms with Gasteiger partial charge < -0.3 is 10.6 Å². The molecule has 3 nitrogen and oxygen atoms in total. The SMILES string of the molecule is CC1(C)C(N)CCCN1C(=O)CCCC1CCCC1. The zero-order chi connectivity index (χ0) is 13.9. The summed E-state index contributed by atoms with van der Waals surface area (Å²) in [5.74, 6) is 1.21. The Balaban J connectivity index is 1.78. The van der Waals surface area contributed by atoms with Crippen LogP contribution in [0.2, 0.25) is 0 Å². The molecule has 0 spiro atoms. The molecular weight excluding hydrogens is 236 g/mol. The molecule has 2 fully saturated rings. The normalized spacial score (nSPS) is 27.7. The molecular formula is C16H30N2O. The Morgan fingerprint density at radius 2 is 1.89 bits per heavy atom. The van der Waals surface area contributed by atoms with Gasteiger partial charge in [-0.1, -0.05) is 25.7 Å². The van der Waals surface area contributed by atoms with Crippen molar-refractivity contribution in [1.29, 1.82) is 0 Å². The number of piperidine rings is 1. The number of carbonyl (C=O) groups excluding carboxylic acids is 1. The van der Waals surface area contributed by atoms with Crippen molar-refractivity contribution in [2.75, 3.05) is 6.54 Å². The lowest BCUT2D eigenvalue weighted by Gasteiger charge is -2.46. The van der Waals surface area contributed by atoms with Gasteiger partial charge in [-0.05, 0) is 45.4 Å². The van der Waals surface area contributed by atoms with Crippen LogP contribution >= 0.6 is 0 Å². The highest BCUT2D eigenvalue weighted by atomic mass is 16.2. The summed E-state index contributed by atoms with van der Waals surface area (Å²) in [6.45, 7) is 5.13. The van der Waals surface area contributed by atoms with Crippen LogP contribution < -0.4 is 5.73 Å². The summed E-state index contributed by atoms with van der Waals surface area (Å²) in [6.07, 6.45) is 10.7. The average molecular weight is 266 g/mol. The number of carbonyl (C=O) groups is 1. The quantitative estimate of drug-likeness (QED) is 0.850. The van der Waals surface area contributed by atoms with Crippen molar-refractivity contribution in [3.8, 4) is 0 Å². The van der Waals surface area contributed by atoms with Gasteiger partial charge in [-0.3, -0.25) is 4.79 Å². The van der Waals surface area contributed by atoms with Crippen molar-refractivity contribution < 1.29 is 4.79 Å². The van der Waals surface area contributed by atoms with E-state index in [9.17, 15) is 4.79 Å². The smallest absolute Gasteiger partial charge is 0.223 e. The number of hydrogen-bond acceptors (Lipinski definition) is 2. The first-order chi connectivity index (χ1) is 9.01. The van der Waals surface area contributed by atoms with Gasteiger partial charge in [0.05, 0.1) is 5.54 Å². The molecule has 2 N–H and O–H groups in total. The Morgan fingerprint density at radius 3 is 2.58 bits per heavy atom. The lowest BCUT2D eigenvalue weighted by atomic mass is 9.85. The third-order valence-electron chi connectivity index (χ3n) is 5.28. The summed E-state index contributed by atoms with van der Waals surface area (Å²) < 4.78 is 0. The second kappa shape index (κ2) is 6.25. The fourth-order valence-corrected chi connectivity index (χ4v) is 3.73. The standard InChI is InChI=1S/C16H30N2O/c1-16(2)14(17)10-6-12-18(16)15(19)11-5-9-13-7-3-4-8-13/h13-14H,3-12,17H2,1-2H3. The molecule has 1 aliphatic heterocycles. The fraction of sp³-hybridized carbons (Fsp3) is 0.938. The van der Waals surface area contributed by atoms with Crippen LogP contribution in [0.1, 0.15) is 71.6 Å². The highest BCUT2D eigenvalue weighted by molar-refractivity contribution is 5.77. The van der Waals surface area contributed by atoms with Gasteiger partial charge in [0.15, 0.2) is 0 Å². The van der Waals surface area contributed by atoms with E-state index >= 15 is 0 Å². The topological polar surface area (TPSA) is 46.3 Å². The van der Waals surface area contributed by atoms with Crippen molar-refractivity contribution in [3.05, 3.63) is 0 Å². The molecule has 0 aromatic rings. The van der Waals surface area contributed by atoms with Crippen LogP contribution in [-0.2, 0) is 4.79 Å². The summed E-state index contributed by atoms with van der Waals surface area (Å²) in [7, 11) is 0. The van der Waals surface area contributed by atoms with E-state index in [0.717, 1.165) is 31.7 Å². The maximum Gasteiger partial charge on any atom is 0.223 e. The van der Waals surface area contributed by atoms with Crippen LogP contribution in [0.5, 0.6) is 0 Å². The van der Waals surface area contributed by atoms with Crippen LogP contribution in [0, 0.1) is 5.92 Å². The first-order valence-corrected chi connectivity index (χ1v) is 8.08. The van der Waals surface area contributed by atoms with Crippen molar-refractivity contribution in [2.45, 2.75) is 83.2 Å². The molecule has 110 valence electrons. The van der Waals surface area contributed by atoms with E-state index in [1.165, 1.54) is 32.1 Å². The van der Waals surface area contributed by atoms with Gasteiger partial charge in [-0.2, -0.15) is 0 Å². The van der Waals surface area contributed by atoms with Crippen LogP contribution in [0.15, 0.2) is 0 Å². The number of nitrogens with zero attached hydrogens (tertiary/aromatic N) is 1. The summed E-state index contributed by atoms with van der Waals surface area (Å²) in [5, 5.41) is 0. The Hall–Kier alpha value is -0.570. The van der Waals surface area contributed by atoms with E-state index in [1.807, 2.05) is 4.90 Å². The van der Waals surface area contributed by atoms with Gasteiger partial charge in [-0.15, -0.1) is 0 Å². The monoisotopic (exact) mass is 266 g/mol. The largest absolute Gasteiger partial charge is 0.336 e. The third kappa shape index (κ3) is 3.50. The van der Waals surface area contributed by atoms with Crippen molar-refractivity contribution >= 4 is 5.91 Å². The van der Waals surface area contributed by atoms with Crippen LogP contribution in [0.25, 0.3) is 0 Å². The first kappa shape index (κ1) is 14.8. The summed E-state index contributed by atoms with van der Waals surface area (Å²) >= 11 is 0. The highest BCUT2D eigenvalue weighted by Gasteiger charge is 2.38. The van der Waals surface area contributed by atoms with Crippen molar-refractivity contribution in [3.63, 3.8) is 0 Å². The van der Waals surface area contributed by atoms with E-state index in [1.54, 1.807) is 0 Å². The summed E-state index contributed by atoms with van der Waals surface area (Å²) in [6, 6.07) is 0.125. The van der Waals surface area contributed by atoms with E-state index in [4.69, 9.17) is 5.73 Å². The number of nitrogens with two attached hydrogens (primary N) is 1. The van der Waals surface area contributed by atoms with E-state index < -0.39 is 0 Å². The number of likely N-dealkylation sites (tertiary alicyclic amines) is 1. The van der Waals surface area contributed by atoms with E-state index in [2.05, 4.69) is 13.8 Å². The molecule has 1 amide bonds. The molecule has 1 saturated carbocycles. The highest BCUT2D eigenvalue weighted by Crippen LogP contribution is 2.30. The van der Waals surface area contributed by atoms with Crippen molar-refractivity contribution in [2.24, 2.45) is 11.7 Å². The van der Waals surface area contributed by atoms with Gasteiger partial charge in [-0.25, -0.2) is 0 Å². The predicted molar refractivity (Wildman–Crippen MR) is 78.8 cm³/mol. The second-order valence-corrected chi connectivity index (χ2v) is 6.99. The fourth-order valence-electron chi connectivity index (χ4n) is 3.73. The van der Waals surface area contributed by atoms with Gasteiger partial charge in [0, 0.05) is 19.0 Å². The molecule has 1 unspecified atom stereocenters. The van der Waals surface area contributed by atoms with Crippen molar-refractivity contribution in [1.82, 2.24) is 4.90 Å². The Labute approximate surface area is 117 Å². The molecule has 0 aromatic carbocycles. The first-order valence-electron chi connectivity index (χ1n) is 8.08. The molecule has 1 heterocycles. The Morgan fingerprint density at radius 1 is 1.21 bits per heavy atom. The van der Waals surface area contributed by atoms with Crippen LogP contribution in [-0.4, -0.2) is 28.9 Å². The van der Waals surface area contributed by atoms with E-state index in [0.29, 0.717) is 12.3 Å². The molecule has 1 saturated heterocycles. The minimum absolute atomic E-state index is 0.125. The lowest BCUT2D eigenvalue weighted by molar-refractivity contribution is -0.139. The summed E-state index contributed by atoms with van der Waals surface area (Å²) in [4.78, 5) is 14.4. The average Bonchev–Trinajstić information content (AvgIpc) is 2.85. The molecule has 3 heteroatoms. The van der Waals surface area contributed by atoms with Gasteiger partial charge in [0.25, 0.3) is 0 Å². The minimum atomic E-state index is -0.164. The second-order valence-electron chi connectivity index (χ2n) is 6.99. The lowest BCUT2D eigenvalue weighted by Crippen LogP contribution is -2.61. The zero-order valence-electron chi connectivity index (χ0n) is 12.7. The third-order valence-corrected chi connectivity index (χ3v) is 5.28. The van der Waals surface area contributed by atoms with Gasteiger partial charge in [0.1, 0.15) is 0 Å². The van der Waals surface area contributed by atoms with Gasteiger partial charge >= 0.3 is 0 Å². The maximum absolute atomic E-state index is 12.4. The minimum Gasteiger partial charge on any atom is -0.336 e. The molecule has 2 aliphatic rings. The molecule has 0 bridgehead atoms. The molecule has 0 radical (unpaired) electrons. The number of hydrogen-bond donors (Lipinski definition) is 1. The zero-order valence-corrected chi connectivity index (χ0v) is 12.7. The van der Waals surface area contributed by atoms with E-state index in [-0.39, 0.29) is 11.6 Å². The summed E-state index contributed by atoms with van der Waals surface area (Å²) in [5.41, 5.74) is 6.01. The molecule has 1 aliphatic carbocycles. The van der Waals surface area contributed by atoms with Gasteiger partial charge in [0.2, 0.25) is 5.91 Å². The number of rotatable bonds is 4. The molecule has 19 heavy (non-hydrogen) atoms. The molecule has 2 rings (SSSR count). The predicted octanol–water partition coefficient (Wildman–Crippen LogP) is 3.08. The molecule has 1 atom stereocenters. The van der Waals surface area contributed by atoms with Crippen LogP contribution in [0.3, 0.4) is 0 Å². The number of amides is 1.